The Kier molecular flexibility index (Phi) is 4.29. The van der Waals surface area contributed by atoms with Gasteiger partial charge in [-0.25, -0.2) is 8.42 Å². The van der Waals surface area contributed by atoms with E-state index in [1.165, 1.54) is 28.6 Å². The molecule has 0 aromatic heterocycles. The molecule has 0 spiro atoms. The van der Waals surface area contributed by atoms with E-state index in [2.05, 4.69) is 5.32 Å². The Labute approximate surface area is 118 Å². The molecular weight excluding hydrogens is 280 g/mol. The van der Waals surface area contributed by atoms with Gasteiger partial charge in [0.15, 0.2) is 0 Å². The minimum Gasteiger partial charge on any atom is -0.508 e. The standard InChI is InChI=1S/C13H18N2O4S/c1-14-13(17)10-3-2-8-15(9-10)20(18,19)12-6-4-11(16)5-7-12/h4-7,10,16H,2-3,8-9H2,1H3,(H,14,17). The molecule has 20 heavy (non-hydrogen) atoms. The van der Waals surface area contributed by atoms with E-state index < -0.39 is 10.0 Å². The summed E-state index contributed by atoms with van der Waals surface area (Å²) in [6.45, 7) is 0.611. The number of carbonyl (C=O) groups excluding carboxylic acids is 1. The number of hydrogen-bond donors (Lipinski definition) is 2. The molecule has 1 aromatic rings. The topological polar surface area (TPSA) is 86.7 Å². The third-order valence-electron chi connectivity index (χ3n) is 3.48. The van der Waals surface area contributed by atoms with Crippen LogP contribution in [0.3, 0.4) is 0 Å². The highest BCUT2D eigenvalue weighted by molar-refractivity contribution is 7.89. The molecule has 1 aromatic carbocycles. The third-order valence-corrected chi connectivity index (χ3v) is 5.36. The maximum absolute atomic E-state index is 12.5. The van der Waals surface area contributed by atoms with E-state index in [0.717, 1.165) is 0 Å². The number of sulfonamides is 1. The molecular formula is C13H18N2O4S. The van der Waals surface area contributed by atoms with Gasteiger partial charge in [0, 0.05) is 20.1 Å². The van der Waals surface area contributed by atoms with Gasteiger partial charge in [0.2, 0.25) is 15.9 Å². The second-order valence-corrected chi connectivity index (χ2v) is 6.75. The van der Waals surface area contributed by atoms with Crippen LogP contribution in [0.4, 0.5) is 0 Å². The molecule has 0 saturated carbocycles. The number of amides is 1. The van der Waals surface area contributed by atoms with Crippen LogP contribution in [0.5, 0.6) is 5.75 Å². The molecule has 1 aliphatic rings. The summed E-state index contributed by atoms with van der Waals surface area (Å²) in [5, 5.41) is 11.8. The largest absolute Gasteiger partial charge is 0.508 e. The van der Waals surface area contributed by atoms with Gasteiger partial charge in [0.1, 0.15) is 5.75 Å². The highest BCUT2D eigenvalue weighted by Gasteiger charge is 2.32. The zero-order valence-electron chi connectivity index (χ0n) is 11.2. The molecule has 1 saturated heterocycles. The highest BCUT2D eigenvalue weighted by Crippen LogP contribution is 2.24. The Morgan fingerprint density at radius 2 is 2.00 bits per heavy atom. The van der Waals surface area contributed by atoms with Crippen LogP contribution in [0.15, 0.2) is 29.2 Å². The first-order valence-corrected chi connectivity index (χ1v) is 7.90. The number of phenols is 1. The van der Waals surface area contributed by atoms with Crippen molar-refractivity contribution in [2.75, 3.05) is 20.1 Å². The number of piperidine rings is 1. The lowest BCUT2D eigenvalue weighted by molar-refractivity contribution is -0.125. The van der Waals surface area contributed by atoms with Crippen LogP contribution in [-0.2, 0) is 14.8 Å². The Bertz CT molecular complexity index is 583. The molecule has 1 unspecified atom stereocenters. The Balaban J connectivity index is 2.21. The monoisotopic (exact) mass is 298 g/mol. The summed E-state index contributed by atoms with van der Waals surface area (Å²) in [6.07, 6.45) is 1.36. The second-order valence-electron chi connectivity index (χ2n) is 4.81. The molecule has 110 valence electrons. The fourth-order valence-electron chi connectivity index (χ4n) is 2.35. The fourth-order valence-corrected chi connectivity index (χ4v) is 3.87. The summed E-state index contributed by atoms with van der Waals surface area (Å²) >= 11 is 0. The molecule has 1 fully saturated rings. The molecule has 7 heteroatoms. The SMILES string of the molecule is CNC(=O)C1CCCN(S(=O)(=O)c2ccc(O)cc2)C1. The van der Waals surface area contributed by atoms with Crippen molar-refractivity contribution in [2.24, 2.45) is 5.92 Å². The van der Waals surface area contributed by atoms with E-state index in [4.69, 9.17) is 0 Å². The summed E-state index contributed by atoms with van der Waals surface area (Å²) in [6, 6.07) is 5.42. The maximum Gasteiger partial charge on any atom is 0.243 e. The number of carbonyl (C=O) groups is 1. The normalized spacial score (nSPS) is 20.6. The van der Waals surface area contributed by atoms with E-state index >= 15 is 0 Å². The van der Waals surface area contributed by atoms with E-state index in [0.29, 0.717) is 19.4 Å². The Morgan fingerprint density at radius 1 is 1.35 bits per heavy atom. The van der Waals surface area contributed by atoms with Crippen molar-refractivity contribution in [3.63, 3.8) is 0 Å². The van der Waals surface area contributed by atoms with Crippen LogP contribution in [0, 0.1) is 5.92 Å². The van der Waals surface area contributed by atoms with Gasteiger partial charge in [-0.1, -0.05) is 0 Å². The van der Waals surface area contributed by atoms with Crippen molar-refractivity contribution in [2.45, 2.75) is 17.7 Å². The Morgan fingerprint density at radius 3 is 2.60 bits per heavy atom. The van der Waals surface area contributed by atoms with Crippen molar-refractivity contribution in [1.29, 1.82) is 0 Å². The predicted molar refractivity (Wildman–Crippen MR) is 73.7 cm³/mol. The van der Waals surface area contributed by atoms with Crippen LogP contribution in [0.2, 0.25) is 0 Å². The number of rotatable bonds is 3. The average molecular weight is 298 g/mol. The molecule has 1 heterocycles. The van der Waals surface area contributed by atoms with Crippen molar-refractivity contribution in [1.82, 2.24) is 9.62 Å². The summed E-state index contributed by atoms with van der Waals surface area (Å²) in [4.78, 5) is 11.8. The molecule has 1 amide bonds. The molecule has 6 nitrogen and oxygen atoms in total. The maximum atomic E-state index is 12.5. The number of phenolic OH excluding ortho intramolecular Hbond substituents is 1. The van der Waals surface area contributed by atoms with Crippen LogP contribution in [0.25, 0.3) is 0 Å². The van der Waals surface area contributed by atoms with Crippen molar-refractivity contribution in [3.05, 3.63) is 24.3 Å². The Hall–Kier alpha value is -1.60. The summed E-state index contributed by atoms with van der Waals surface area (Å²) < 4.78 is 26.3. The first-order chi connectivity index (χ1) is 9.45. The molecule has 2 N–H and O–H groups in total. The van der Waals surface area contributed by atoms with E-state index in [1.54, 1.807) is 7.05 Å². The van der Waals surface area contributed by atoms with Gasteiger partial charge in [-0.2, -0.15) is 4.31 Å². The molecule has 1 atom stereocenters. The summed E-state index contributed by atoms with van der Waals surface area (Å²) in [5.74, 6) is -0.415. The summed E-state index contributed by atoms with van der Waals surface area (Å²) in [5.41, 5.74) is 0. The quantitative estimate of drug-likeness (QED) is 0.852. The highest BCUT2D eigenvalue weighted by atomic mass is 32.2. The number of hydrogen-bond acceptors (Lipinski definition) is 4. The van der Waals surface area contributed by atoms with Gasteiger partial charge in [-0.15, -0.1) is 0 Å². The van der Waals surface area contributed by atoms with Crippen molar-refractivity contribution < 1.29 is 18.3 Å². The zero-order valence-corrected chi connectivity index (χ0v) is 12.1. The lowest BCUT2D eigenvalue weighted by Gasteiger charge is -2.30. The van der Waals surface area contributed by atoms with Crippen molar-refractivity contribution in [3.8, 4) is 5.75 Å². The van der Waals surface area contributed by atoms with Gasteiger partial charge in [0.25, 0.3) is 0 Å². The van der Waals surface area contributed by atoms with Gasteiger partial charge in [-0.3, -0.25) is 4.79 Å². The van der Waals surface area contributed by atoms with Crippen LogP contribution in [0.1, 0.15) is 12.8 Å². The number of aromatic hydroxyl groups is 1. The lowest BCUT2D eigenvalue weighted by atomic mass is 9.99. The number of nitrogens with zero attached hydrogens (tertiary/aromatic N) is 1. The van der Waals surface area contributed by atoms with E-state index in [9.17, 15) is 18.3 Å². The van der Waals surface area contributed by atoms with Gasteiger partial charge in [0.05, 0.1) is 10.8 Å². The van der Waals surface area contributed by atoms with Crippen LogP contribution >= 0.6 is 0 Å². The smallest absolute Gasteiger partial charge is 0.243 e. The van der Waals surface area contributed by atoms with E-state index in [-0.39, 0.29) is 29.0 Å². The molecule has 0 aliphatic carbocycles. The summed E-state index contributed by atoms with van der Waals surface area (Å²) in [7, 11) is -2.06. The third kappa shape index (κ3) is 2.94. The molecule has 2 rings (SSSR count). The number of nitrogens with one attached hydrogen (secondary N) is 1. The van der Waals surface area contributed by atoms with Crippen LogP contribution in [-0.4, -0.2) is 43.9 Å². The van der Waals surface area contributed by atoms with Gasteiger partial charge < -0.3 is 10.4 Å². The van der Waals surface area contributed by atoms with Gasteiger partial charge >= 0.3 is 0 Å². The predicted octanol–water partition coefficient (Wildman–Crippen LogP) is 0.539. The van der Waals surface area contributed by atoms with Crippen molar-refractivity contribution >= 4 is 15.9 Å². The fraction of sp³-hybridized carbons (Fsp3) is 0.462. The number of benzene rings is 1. The molecule has 1 aliphatic heterocycles. The zero-order chi connectivity index (χ0) is 14.8. The lowest BCUT2D eigenvalue weighted by Crippen LogP contribution is -2.44. The average Bonchev–Trinajstić information content (AvgIpc) is 2.47. The van der Waals surface area contributed by atoms with Crippen LogP contribution < -0.4 is 5.32 Å². The second kappa shape index (κ2) is 5.80. The van der Waals surface area contributed by atoms with Gasteiger partial charge in [-0.05, 0) is 37.1 Å². The minimum absolute atomic E-state index is 0.0193. The first kappa shape index (κ1) is 14.8. The molecule has 0 bridgehead atoms. The molecule has 0 radical (unpaired) electrons. The minimum atomic E-state index is -3.61. The van der Waals surface area contributed by atoms with E-state index in [1.807, 2.05) is 0 Å². The first-order valence-electron chi connectivity index (χ1n) is 6.46.